The zero-order chi connectivity index (χ0) is 20.1. The smallest absolute Gasteiger partial charge is 0.230 e. The number of rotatable bonds is 5. The number of carbonyl (C=O) groups excluding carboxylic acids is 1. The molecule has 1 aliphatic carbocycles. The van der Waals surface area contributed by atoms with Gasteiger partial charge >= 0.3 is 0 Å². The van der Waals surface area contributed by atoms with Gasteiger partial charge in [0.25, 0.3) is 0 Å². The van der Waals surface area contributed by atoms with Gasteiger partial charge in [0.15, 0.2) is 28.6 Å². The summed E-state index contributed by atoms with van der Waals surface area (Å²) in [5.41, 5.74) is 0. The Balaban J connectivity index is 1.31. The highest BCUT2D eigenvalue weighted by Crippen LogP contribution is 2.35. The summed E-state index contributed by atoms with van der Waals surface area (Å²) in [4.78, 5) is 12.4. The van der Waals surface area contributed by atoms with Crippen LogP contribution in [-0.4, -0.2) is 39.1 Å². The Labute approximate surface area is 175 Å². The summed E-state index contributed by atoms with van der Waals surface area (Å²) >= 11 is 1.40. The molecule has 2 aromatic rings. The second-order valence-electron chi connectivity index (χ2n) is 7.66. The van der Waals surface area contributed by atoms with Crippen molar-refractivity contribution >= 4 is 17.7 Å². The largest absolute Gasteiger partial charge is 0.485 e. The number of nitrogens with one attached hydrogen (secondary N) is 1. The fourth-order valence-corrected chi connectivity index (χ4v) is 4.61. The minimum absolute atomic E-state index is 0.0660. The molecule has 2 heterocycles. The Bertz CT molecular complexity index is 833. The zero-order valence-corrected chi connectivity index (χ0v) is 17.6. The van der Waals surface area contributed by atoms with Crippen molar-refractivity contribution < 1.29 is 14.3 Å². The maximum atomic E-state index is 12.4. The number of carbonyl (C=O) groups is 1. The molecule has 0 radical (unpaired) electrons. The first-order valence-corrected chi connectivity index (χ1v) is 11.4. The first-order valence-electron chi connectivity index (χ1n) is 10.4. The standard InChI is InChI=1S/C21H28N4O3S/c1-25-20(18-13-27-16-11-7-8-12-17(16)28-18)23-24-21(25)29-14-19(26)22-15-9-5-3-2-4-6-10-15/h7-8,11-12,15,18H,2-6,9-10,13-14H2,1H3,(H,22,26). The van der Waals surface area contributed by atoms with Gasteiger partial charge in [-0.15, -0.1) is 10.2 Å². The number of para-hydroxylation sites is 2. The normalized spacial score (nSPS) is 20.0. The molecule has 1 fully saturated rings. The van der Waals surface area contributed by atoms with E-state index in [-0.39, 0.29) is 12.0 Å². The summed E-state index contributed by atoms with van der Waals surface area (Å²) in [6.07, 6.45) is 8.15. The van der Waals surface area contributed by atoms with E-state index in [1.54, 1.807) is 0 Å². The SMILES string of the molecule is Cn1c(SCC(=O)NC2CCCCCCC2)nnc1C1COc2ccccc2O1. The highest BCUT2D eigenvalue weighted by Gasteiger charge is 2.27. The molecule has 1 amide bonds. The zero-order valence-electron chi connectivity index (χ0n) is 16.8. The van der Waals surface area contributed by atoms with Crippen molar-refractivity contribution in [2.24, 2.45) is 7.05 Å². The molecular formula is C21H28N4O3S. The fraction of sp³-hybridized carbons (Fsp3) is 0.571. The summed E-state index contributed by atoms with van der Waals surface area (Å²) in [6.45, 7) is 0.385. The molecule has 8 heteroatoms. The molecular weight excluding hydrogens is 388 g/mol. The van der Waals surface area contributed by atoms with E-state index in [9.17, 15) is 4.79 Å². The molecule has 156 valence electrons. The first-order chi connectivity index (χ1) is 14.2. The van der Waals surface area contributed by atoms with Gasteiger partial charge in [-0.1, -0.05) is 56.0 Å². The van der Waals surface area contributed by atoms with Gasteiger partial charge in [-0.25, -0.2) is 0 Å². The quantitative estimate of drug-likeness (QED) is 0.750. The lowest BCUT2D eigenvalue weighted by molar-refractivity contribution is -0.119. The second-order valence-corrected chi connectivity index (χ2v) is 8.60. The molecule has 0 spiro atoms. The van der Waals surface area contributed by atoms with Crippen molar-refractivity contribution in [1.82, 2.24) is 20.1 Å². The number of fused-ring (bicyclic) bond motifs is 1. The molecule has 1 aromatic carbocycles. The van der Waals surface area contributed by atoms with Crippen molar-refractivity contribution in [2.75, 3.05) is 12.4 Å². The van der Waals surface area contributed by atoms with Crippen LogP contribution in [0.1, 0.15) is 56.9 Å². The number of nitrogens with zero attached hydrogens (tertiary/aromatic N) is 3. The van der Waals surface area contributed by atoms with Gasteiger partial charge in [0.2, 0.25) is 5.91 Å². The van der Waals surface area contributed by atoms with Crippen LogP contribution < -0.4 is 14.8 Å². The lowest BCUT2D eigenvalue weighted by atomic mass is 9.97. The van der Waals surface area contributed by atoms with E-state index in [1.807, 2.05) is 35.9 Å². The van der Waals surface area contributed by atoms with Gasteiger partial charge in [-0.05, 0) is 25.0 Å². The lowest BCUT2D eigenvalue weighted by Gasteiger charge is -2.25. The summed E-state index contributed by atoms with van der Waals surface area (Å²) in [5, 5.41) is 12.4. The first kappa shape index (κ1) is 20.1. The summed E-state index contributed by atoms with van der Waals surface area (Å²) in [5.74, 6) is 2.55. The van der Waals surface area contributed by atoms with E-state index in [0.29, 0.717) is 35.1 Å². The van der Waals surface area contributed by atoms with Crippen molar-refractivity contribution in [3.05, 3.63) is 30.1 Å². The molecule has 2 aliphatic rings. The Morgan fingerprint density at radius 2 is 1.86 bits per heavy atom. The molecule has 29 heavy (non-hydrogen) atoms. The monoisotopic (exact) mass is 416 g/mol. The van der Waals surface area contributed by atoms with Crippen molar-refractivity contribution in [3.63, 3.8) is 0 Å². The summed E-state index contributed by atoms with van der Waals surface area (Å²) in [7, 11) is 1.90. The Morgan fingerprint density at radius 3 is 2.66 bits per heavy atom. The molecule has 7 nitrogen and oxygen atoms in total. The van der Waals surface area contributed by atoms with Crippen LogP contribution in [0, 0.1) is 0 Å². The molecule has 1 aromatic heterocycles. The Hall–Kier alpha value is -2.22. The van der Waals surface area contributed by atoms with Crippen LogP contribution in [0.3, 0.4) is 0 Å². The minimum atomic E-state index is -0.319. The maximum Gasteiger partial charge on any atom is 0.230 e. The van der Waals surface area contributed by atoms with Crippen LogP contribution in [0.4, 0.5) is 0 Å². The lowest BCUT2D eigenvalue weighted by Crippen LogP contribution is -2.36. The van der Waals surface area contributed by atoms with Gasteiger partial charge in [0.1, 0.15) is 6.61 Å². The number of ether oxygens (including phenoxy) is 2. The van der Waals surface area contributed by atoms with Gasteiger partial charge < -0.3 is 19.4 Å². The van der Waals surface area contributed by atoms with Crippen LogP contribution in [-0.2, 0) is 11.8 Å². The van der Waals surface area contributed by atoms with E-state index in [1.165, 1.54) is 43.9 Å². The summed E-state index contributed by atoms with van der Waals surface area (Å²) < 4.78 is 13.7. The van der Waals surface area contributed by atoms with Crippen LogP contribution in [0.5, 0.6) is 11.5 Å². The third kappa shape index (κ3) is 5.04. The fourth-order valence-electron chi connectivity index (χ4n) is 3.88. The average molecular weight is 417 g/mol. The van der Waals surface area contributed by atoms with E-state index in [2.05, 4.69) is 15.5 Å². The maximum absolute atomic E-state index is 12.4. The number of hydrogen-bond acceptors (Lipinski definition) is 6. The number of thioether (sulfide) groups is 1. The van der Waals surface area contributed by atoms with E-state index in [4.69, 9.17) is 9.47 Å². The third-order valence-corrected chi connectivity index (χ3v) is 6.49. The molecule has 1 aliphatic heterocycles. The highest BCUT2D eigenvalue weighted by atomic mass is 32.2. The van der Waals surface area contributed by atoms with Crippen LogP contribution >= 0.6 is 11.8 Å². The Morgan fingerprint density at radius 1 is 1.14 bits per heavy atom. The topological polar surface area (TPSA) is 78.3 Å². The predicted molar refractivity (Wildman–Crippen MR) is 111 cm³/mol. The molecule has 4 rings (SSSR count). The van der Waals surface area contributed by atoms with Gasteiger partial charge in [0, 0.05) is 13.1 Å². The highest BCUT2D eigenvalue weighted by molar-refractivity contribution is 7.99. The minimum Gasteiger partial charge on any atom is -0.485 e. The Kier molecular flexibility index (Phi) is 6.59. The number of amides is 1. The average Bonchev–Trinajstić information content (AvgIpc) is 3.08. The van der Waals surface area contributed by atoms with E-state index < -0.39 is 0 Å². The van der Waals surface area contributed by atoms with Crippen molar-refractivity contribution in [1.29, 1.82) is 0 Å². The van der Waals surface area contributed by atoms with E-state index >= 15 is 0 Å². The molecule has 1 saturated carbocycles. The number of benzene rings is 1. The van der Waals surface area contributed by atoms with Gasteiger partial charge in [-0.2, -0.15) is 0 Å². The number of hydrogen-bond donors (Lipinski definition) is 1. The molecule has 1 N–H and O–H groups in total. The predicted octanol–water partition coefficient (Wildman–Crippen LogP) is 3.65. The van der Waals surface area contributed by atoms with Crippen molar-refractivity contribution in [3.8, 4) is 11.5 Å². The molecule has 0 bridgehead atoms. The molecule has 0 saturated heterocycles. The van der Waals surface area contributed by atoms with E-state index in [0.717, 1.165) is 18.6 Å². The third-order valence-electron chi connectivity index (χ3n) is 5.47. The van der Waals surface area contributed by atoms with Gasteiger partial charge in [0.05, 0.1) is 5.75 Å². The van der Waals surface area contributed by atoms with Crippen molar-refractivity contribution in [2.45, 2.75) is 62.2 Å². The van der Waals surface area contributed by atoms with Crippen LogP contribution in [0.15, 0.2) is 29.4 Å². The van der Waals surface area contributed by atoms with Gasteiger partial charge in [-0.3, -0.25) is 4.79 Å². The van der Waals surface area contributed by atoms with Crippen LogP contribution in [0.25, 0.3) is 0 Å². The molecule has 1 unspecified atom stereocenters. The number of aromatic nitrogens is 3. The molecule has 1 atom stereocenters. The summed E-state index contributed by atoms with van der Waals surface area (Å²) in [6, 6.07) is 7.91. The van der Waals surface area contributed by atoms with Crippen LogP contribution in [0.2, 0.25) is 0 Å². The second kappa shape index (κ2) is 9.52.